The van der Waals surface area contributed by atoms with E-state index in [1.54, 1.807) is 6.20 Å². The van der Waals surface area contributed by atoms with Gasteiger partial charge in [-0.2, -0.15) is 10.2 Å². The van der Waals surface area contributed by atoms with Gasteiger partial charge in [0.1, 0.15) is 5.82 Å². The van der Waals surface area contributed by atoms with Crippen molar-refractivity contribution in [3.8, 4) is 0 Å². The van der Waals surface area contributed by atoms with Crippen LogP contribution < -0.4 is 0 Å². The number of hydrogen-bond donors (Lipinski definition) is 2. The highest BCUT2D eigenvalue weighted by molar-refractivity contribution is 5.95. The molecule has 2 aromatic rings. The van der Waals surface area contributed by atoms with E-state index in [4.69, 9.17) is 4.98 Å². The quantitative estimate of drug-likeness (QED) is 0.864. The predicted octanol–water partition coefficient (Wildman–Crippen LogP) is 2.79. The highest BCUT2D eigenvalue weighted by Crippen LogP contribution is 2.47. The lowest BCUT2D eigenvalue weighted by Gasteiger charge is -2.17. The first kappa shape index (κ1) is 16.0. The van der Waals surface area contributed by atoms with E-state index in [1.807, 2.05) is 4.90 Å². The first-order valence-corrected chi connectivity index (χ1v) is 9.86. The number of amides is 1. The molecule has 2 aromatic heterocycles. The van der Waals surface area contributed by atoms with Gasteiger partial charge in [0, 0.05) is 24.9 Å². The van der Waals surface area contributed by atoms with Crippen LogP contribution in [0.2, 0.25) is 0 Å². The van der Waals surface area contributed by atoms with Gasteiger partial charge < -0.3 is 4.90 Å². The summed E-state index contributed by atoms with van der Waals surface area (Å²) in [6.07, 6.45) is 6.64. The Bertz CT molecular complexity index is 816. The minimum atomic E-state index is 0.0949. The molecule has 3 aliphatic rings. The Hall–Kier alpha value is -2.18. The summed E-state index contributed by atoms with van der Waals surface area (Å²) in [4.78, 5) is 19.9. The molecular weight excluding hydrogens is 328 g/mol. The Morgan fingerprint density at radius 3 is 2.69 bits per heavy atom. The van der Waals surface area contributed by atoms with E-state index < -0.39 is 0 Å². The number of rotatable bonds is 5. The van der Waals surface area contributed by atoms with E-state index in [0.717, 1.165) is 36.4 Å². The maximum Gasteiger partial charge on any atom is 0.257 e. The van der Waals surface area contributed by atoms with Crippen molar-refractivity contribution >= 4 is 5.91 Å². The first-order chi connectivity index (χ1) is 12.6. The van der Waals surface area contributed by atoms with Crippen molar-refractivity contribution in [3.05, 3.63) is 29.1 Å². The second kappa shape index (κ2) is 5.93. The van der Waals surface area contributed by atoms with Crippen LogP contribution in [0.5, 0.6) is 0 Å². The molecule has 0 radical (unpaired) electrons. The number of likely N-dealkylation sites (tertiary alicyclic amines) is 1. The molecule has 0 spiro atoms. The molecule has 2 aliphatic carbocycles. The van der Waals surface area contributed by atoms with E-state index in [-0.39, 0.29) is 17.7 Å². The van der Waals surface area contributed by atoms with Crippen LogP contribution in [-0.2, 0) is 0 Å². The van der Waals surface area contributed by atoms with Crippen LogP contribution >= 0.6 is 0 Å². The van der Waals surface area contributed by atoms with Gasteiger partial charge >= 0.3 is 0 Å². The van der Waals surface area contributed by atoms with E-state index in [0.29, 0.717) is 17.4 Å². The summed E-state index contributed by atoms with van der Waals surface area (Å²) in [7, 11) is 0. The van der Waals surface area contributed by atoms with Gasteiger partial charge in [0.25, 0.3) is 5.91 Å². The van der Waals surface area contributed by atoms with Gasteiger partial charge in [-0.05, 0) is 43.4 Å². The SMILES string of the molecule is CC(C)c1[nH]ncc1C(=O)N1C[C@H](c2nc(C3CC3)n[nH]2)[C@@H](C2CC2)C1. The van der Waals surface area contributed by atoms with Crippen molar-refractivity contribution in [3.63, 3.8) is 0 Å². The van der Waals surface area contributed by atoms with Crippen LogP contribution in [0.25, 0.3) is 0 Å². The second-order valence-corrected chi connectivity index (χ2v) is 8.52. The third-order valence-corrected chi connectivity index (χ3v) is 6.17. The molecule has 1 amide bonds. The van der Waals surface area contributed by atoms with Crippen molar-refractivity contribution in [1.82, 2.24) is 30.3 Å². The molecule has 2 saturated carbocycles. The van der Waals surface area contributed by atoms with Crippen molar-refractivity contribution < 1.29 is 4.79 Å². The Kier molecular flexibility index (Phi) is 3.65. The molecule has 0 aromatic carbocycles. The average Bonchev–Trinajstić information content (AvgIpc) is 3.50. The van der Waals surface area contributed by atoms with E-state index in [9.17, 15) is 4.79 Å². The number of aromatic amines is 2. The molecule has 138 valence electrons. The van der Waals surface area contributed by atoms with E-state index in [1.165, 1.54) is 25.7 Å². The molecule has 3 fully saturated rings. The van der Waals surface area contributed by atoms with Gasteiger partial charge in [0.15, 0.2) is 5.82 Å². The summed E-state index contributed by atoms with van der Waals surface area (Å²) in [5, 5.41) is 14.7. The summed E-state index contributed by atoms with van der Waals surface area (Å²) in [5.41, 5.74) is 1.64. The zero-order valence-electron chi connectivity index (χ0n) is 15.4. The van der Waals surface area contributed by atoms with Gasteiger partial charge in [-0.1, -0.05) is 13.8 Å². The Labute approximate surface area is 153 Å². The lowest BCUT2D eigenvalue weighted by Crippen LogP contribution is -2.29. The summed E-state index contributed by atoms with van der Waals surface area (Å²) < 4.78 is 0. The Balaban J connectivity index is 1.39. The fraction of sp³-hybridized carbons (Fsp3) is 0.684. The van der Waals surface area contributed by atoms with Crippen LogP contribution in [0.15, 0.2) is 6.20 Å². The minimum Gasteiger partial charge on any atom is -0.337 e. The molecule has 2 N–H and O–H groups in total. The van der Waals surface area contributed by atoms with Crippen molar-refractivity contribution in [1.29, 1.82) is 0 Å². The maximum atomic E-state index is 13.1. The normalized spacial score (nSPS) is 26.0. The number of carbonyl (C=O) groups excluding carboxylic acids is 1. The van der Waals surface area contributed by atoms with E-state index in [2.05, 4.69) is 34.2 Å². The van der Waals surface area contributed by atoms with Crippen LogP contribution in [-0.4, -0.2) is 49.3 Å². The van der Waals surface area contributed by atoms with Crippen LogP contribution in [0.4, 0.5) is 0 Å². The smallest absolute Gasteiger partial charge is 0.257 e. The van der Waals surface area contributed by atoms with Gasteiger partial charge in [-0.15, -0.1) is 0 Å². The fourth-order valence-corrected chi connectivity index (χ4v) is 4.34. The van der Waals surface area contributed by atoms with Crippen LogP contribution in [0.3, 0.4) is 0 Å². The molecule has 2 atom stereocenters. The van der Waals surface area contributed by atoms with E-state index >= 15 is 0 Å². The van der Waals surface area contributed by atoms with Crippen molar-refractivity contribution in [2.24, 2.45) is 11.8 Å². The molecule has 3 heterocycles. The molecule has 26 heavy (non-hydrogen) atoms. The summed E-state index contributed by atoms with van der Waals surface area (Å²) >= 11 is 0. The monoisotopic (exact) mass is 354 g/mol. The van der Waals surface area contributed by atoms with Crippen molar-refractivity contribution in [2.45, 2.75) is 57.3 Å². The summed E-state index contributed by atoms with van der Waals surface area (Å²) in [5.74, 6) is 4.35. The van der Waals surface area contributed by atoms with Gasteiger partial charge in [-0.3, -0.25) is 15.0 Å². The number of hydrogen-bond acceptors (Lipinski definition) is 4. The van der Waals surface area contributed by atoms with Crippen LogP contribution in [0.1, 0.15) is 85.0 Å². The maximum absolute atomic E-state index is 13.1. The number of carbonyl (C=O) groups is 1. The zero-order chi connectivity index (χ0) is 17.8. The summed E-state index contributed by atoms with van der Waals surface area (Å²) in [6, 6.07) is 0. The highest BCUT2D eigenvalue weighted by Gasteiger charge is 2.46. The molecule has 7 heteroatoms. The van der Waals surface area contributed by atoms with Gasteiger partial charge in [0.2, 0.25) is 0 Å². The molecule has 1 aliphatic heterocycles. The zero-order valence-corrected chi connectivity index (χ0v) is 15.4. The molecule has 0 bridgehead atoms. The Morgan fingerprint density at radius 2 is 2.00 bits per heavy atom. The predicted molar refractivity (Wildman–Crippen MR) is 95.9 cm³/mol. The molecule has 1 saturated heterocycles. The molecule has 7 nitrogen and oxygen atoms in total. The fourth-order valence-electron chi connectivity index (χ4n) is 4.34. The first-order valence-electron chi connectivity index (χ1n) is 9.86. The Morgan fingerprint density at radius 1 is 1.19 bits per heavy atom. The lowest BCUT2D eigenvalue weighted by atomic mass is 9.91. The third kappa shape index (κ3) is 2.73. The topological polar surface area (TPSA) is 90.6 Å². The number of nitrogens with zero attached hydrogens (tertiary/aromatic N) is 4. The summed E-state index contributed by atoms with van der Waals surface area (Å²) in [6.45, 7) is 5.70. The molecule has 5 rings (SSSR count). The standard InChI is InChI=1S/C19H26N6O/c1-10(2)16-13(7-20-22-16)19(26)25-8-14(11-3-4-11)15(9-25)18-21-17(23-24-18)12-5-6-12/h7,10-12,14-15H,3-6,8-9H2,1-2H3,(H,20,22)(H,21,23,24)/t14-,15+/m1/s1. The van der Waals surface area contributed by atoms with Gasteiger partial charge in [-0.25, -0.2) is 4.98 Å². The second-order valence-electron chi connectivity index (χ2n) is 8.52. The largest absolute Gasteiger partial charge is 0.337 e. The lowest BCUT2D eigenvalue weighted by molar-refractivity contribution is 0.0783. The van der Waals surface area contributed by atoms with Crippen molar-refractivity contribution in [2.75, 3.05) is 13.1 Å². The molecule has 0 unspecified atom stereocenters. The third-order valence-electron chi connectivity index (χ3n) is 6.17. The van der Waals surface area contributed by atoms with Gasteiger partial charge in [0.05, 0.1) is 17.5 Å². The number of H-pyrrole nitrogens is 2. The van der Waals surface area contributed by atoms with Crippen LogP contribution in [0, 0.1) is 11.8 Å². The number of aromatic nitrogens is 5. The minimum absolute atomic E-state index is 0.0949. The number of nitrogens with one attached hydrogen (secondary N) is 2. The highest BCUT2D eigenvalue weighted by atomic mass is 16.2. The average molecular weight is 354 g/mol. The molecular formula is C19H26N6O.